The zero-order valence-electron chi connectivity index (χ0n) is 20.1. The van der Waals surface area contributed by atoms with E-state index < -0.39 is 37.3 Å². The number of aryl methyl sites for hydroxylation is 2. The van der Waals surface area contributed by atoms with Crippen LogP contribution in [0.25, 0.3) is 33.1 Å². The summed E-state index contributed by atoms with van der Waals surface area (Å²) in [6.45, 7) is 4.61. The highest BCUT2D eigenvalue weighted by molar-refractivity contribution is 7.18. The summed E-state index contributed by atoms with van der Waals surface area (Å²) in [6.07, 6.45) is -2.45. The molecule has 1 aliphatic rings. The number of aliphatic hydroxyl groups is 4. The van der Waals surface area contributed by atoms with Crippen LogP contribution in [0.5, 0.6) is 5.75 Å². The van der Waals surface area contributed by atoms with Gasteiger partial charge in [0.15, 0.2) is 0 Å². The van der Waals surface area contributed by atoms with Gasteiger partial charge in [0.1, 0.15) is 41.4 Å². The van der Waals surface area contributed by atoms with E-state index in [-0.39, 0.29) is 0 Å². The lowest BCUT2D eigenvalue weighted by Gasteiger charge is -2.39. The molecular weight excluding hydrogens is 478 g/mol. The van der Waals surface area contributed by atoms with E-state index in [0.717, 1.165) is 27.9 Å². The maximum Gasteiger partial charge on any atom is 0.262 e. The molecule has 1 aliphatic heterocycles. The normalized spacial score (nSPS) is 24.7. The highest BCUT2D eigenvalue weighted by Crippen LogP contribution is 2.33. The summed E-state index contributed by atoms with van der Waals surface area (Å²) >= 11 is 1.75. The summed E-state index contributed by atoms with van der Waals surface area (Å²) in [5, 5.41) is 42.9. The van der Waals surface area contributed by atoms with E-state index in [1.54, 1.807) is 17.4 Å². The minimum atomic E-state index is -1.50. The van der Waals surface area contributed by atoms with Gasteiger partial charge in [0.25, 0.3) is 5.01 Å². The van der Waals surface area contributed by atoms with Crippen molar-refractivity contribution in [3.63, 3.8) is 0 Å². The molecule has 0 spiro atoms. The monoisotopic (exact) mass is 508 g/mol. The molecule has 7 nitrogen and oxygen atoms in total. The van der Waals surface area contributed by atoms with Gasteiger partial charge in [-0.15, -0.1) is 0 Å². The zero-order valence-corrected chi connectivity index (χ0v) is 20.9. The van der Waals surface area contributed by atoms with Gasteiger partial charge < -0.3 is 29.9 Å². The van der Waals surface area contributed by atoms with Gasteiger partial charge in [0.2, 0.25) is 11.8 Å². The molecule has 0 amide bonds. The van der Waals surface area contributed by atoms with E-state index in [9.17, 15) is 20.4 Å². The number of thiazole rings is 1. The van der Waals surface area contributed by atoms with Gasteiger partial charge in [-0.25, -0.2) is 0 Å². The Morgan fingerprint density at radius 2 is 1.75 bits per heavy atom. The number of aromatic nitrogens is 1. The second-order valence-electron chi connectivity index (χ2n) is 9.00. The quantitative estimate of drug-likeness (QED) is 0.299. The third-order valence-electron chi connectivity index (χ3n) is 6.62. The molecule has 0 bridgehead atoms. The molecule has 2 heterocycles. The standard InChI is InChI=1S/C28H30NO6S/c1-3-29-20-14-16(2)8-12-23(20)36-24(29)13-10-17-9-11-21(19-7-5-4-6-18(17)19)34-28-27(33)26(32)25(31)22(15-30)35-28/h4-14,22,25-28,30-33H,3,15H2,1-2H3/q+1/b13-10+/t22-,25+,26+,27-,28-/m1/s1. The molecule has 188 valence electrons. The van der Waals surface area contributed by atoms with Gasteiger partial charge in [-0.3, -0.25) is 0 Å². The molecule has 1 aromatic heterocycles. The van der Waals surface area contributed by atoms with Crippen molar-refractivity contribution in [2.75, 3.05) is 6.61 Å². The van der Waals surface area contributed by atoms with Crippen LogP contribution in [0.3, 0.4) is 0 Å². The average molecular weight is 509 g/mol. The van der Waals surface area contributed by atoms with Crippen LogP contribution in [0, 0.1) is 6.92 Å². The molecule has 5 atom stereocenters. The Labute approximate surface area is 213 Å². The topological polar surface area (TPSA) is 103 Å². The lowest BCUT2D eigenvalue weighted by Crippen LogP contribution is -2.60. The number of ether oxygens (including phenoxy) is 2. The third-order valence-corrected chi connectivity index (χ3v) is 7.75. The molecule has 0 saturated carbocycles. The number of hydrogen-bond donors (Lipinski definition) is 4. The molecule has 8 heteroatoms. The zero-order chi connectivity index (χ0) is 25.4. The summed E-state index contributed by atoms with van der Waals surface area (Å²) in [7, 11) is 0. The molecule has 3 aromatic carbocycles. The van der Waals surface area contributed by atoms with Crippen molar-refractivity contribution in [2.45, 2.75) is 51.1 Å². The lowest BCUT2D eigenvalue weighted by molar-refractivity contribution is -0.665. The number of rotatable bonds is 6. The van der Waals surface area contributed by atoms with E-state index in [4.69, 9.17) is 9.47 Å². The van der Waals surface area contributed by atoms with Crippen molar-refractivity contribution in [1.29, 1.82) is 0 Å². The summed E-state index contributed by atoms with van der Waals surface area (Å²) in [5.74, 6) is 0.466. The van der Waals surface area contributed by atoms with Crippen molar-refractivity contribution < 1.29 is 34.5 Å². The number of fused-ring (bicyclic) bond motifs is 2. The van der Waals surface area contributed by atoms with Crippen molar-refractivity contribution >= 4 is 44.5 Å². The Morgan fingerprint density at radius 3 is 2.50 bits per heavy atom. The molecule has 1 fully saturated rings. The highest BCUT2D eigenvalue weighted by atomic mass is 32.1. The smallest absolute Gasteiger partial charge is 0.262 e. The van der Waals surface area contributed by atoms with Crippen LogP contribution in [-0.2, 0) is 11.3 Å². The van der Waals surface area contributed by atoms with E-state index >= 15 is 0 Å². The first kappa shape index (κ1) is 24.8. The summed E-state index contributed by atoms with van der Waals surface area (Å²) in [4.78, 5) is 0. The van der Waals surface area contributed by atoms with Crippen LogP contribution in [0.4, 0.5) is 0 Å². The molecule has 4 N–H and O–H groups in total. The van der Waals surface area contributed by atoms with Crippen molar-refractivity contribution in [3.05, 3.63) is 70.7 Å². The first-order valence-electron chi connectivity index (χ1n) is 12.0. The van der Waals surface area contributed by atoms with Gasteiger partial charge in [-0.1, -0.05) is 47.7 Å². The third kappa shape index (κ3) is 4.52. The maximum atomic E-state index is 10.4. The molecule has 4 aromatic rings. The second kappa shape index (κ2) is 10.3. The first-order valence-corrected chi connectivity index (χ1v) is 12.8. The largest absolute Gasteiger partial charge is 0.461 e. The van der Waals surface area contributed by atoms with Crippen LogP contribution in [0.15, 0.2) is 54.6 Å². The fourth-order valence-electron chi connectivity index (χ4n) is 4.66. The van der Waals surface area contributed by atoms with Crippen molar-refractivity contribution in [2.24, 2.45) is 0 Å². The maximum absolute atomic E-state index is 10.4. The van der Waals surface area contributed by atoms with E-state index in [2.05, 4.69) is 48.8 Å². The Hall–Kier alpha value is -2.85. The molecule has 1 saturated heterocycles. The van der Waals surface area contributed by atoms with Gasteiger partial charge >= 0.3 is 0 Å². The number of hydrogen-bond acceptors (Lipinski definition) is 7. The molecule has 36 heavy (non-hydrogen) atoms. The predicted octanol–water partition coefficient (Wildman–Crippen LogP) is 3.02. The van der Waals surface area contributed by atoms with Crippen molar-refractivity contribution in [3.8, 4) is 5.75 Å². The molecule has 0 radical (unpaired) electrons. The molecule has 5 rings (SSSR count). The van der Waals surface area contributed by atoms with E-state index in [1.807, 2.05) is 30.3 Å². The van der Waals surface area contributed by atoms with Crippen molar-refractivity contribution in [1.82, 2.24) is 0 Å². The SMILES string of the molecule is CC[n+]1c(/C=C/c2ccc(O[C@@H]3O[C@H](CO)[C@H](O)[C@H](O)[C@H]3O)c3ccccc23)sc2ccc(C)cc21. The molecule has 0 unspecified atom stereocenters. The van der Waals surface area contributed by atoms with Gasteiger partial charge in [-0.05, 0) is 48.6 Å². The fraction of sp³-hybridized carbons (Fsp3) is 0.321. The fourth-order valence-corrected chi connectivity index (χ4v) is 5.76. The highest BCUT2D eigenvalue weighted by Gasteiger charge is 2.44. The lowest BCUT2D eigenvalue weighted by atomic mass is 9.99. The van der Waals surface area contributed by atoms with Gasteiger partial charge in [0.05, 0.1) is 6.61 Å². The van der Waals surface area contributed by atoms with Crippen LogP contribution in [0.2, 0.25) is 0 Å². The van der Waals surface area contributed by atoms with Crippen LogP contribution < -0.4 is 9.30 Å². The second-order valence-corrected chi connectivity index (χ2v) is 10.1. The summed E-state index contributed by atoms with van der Waals surface area (Å²) in [6, 6.07) is 18.0. The minimum absolute atomic E-state index is 0.466. The predicted molar refractivity (Wildman–Crippen MR) is 140 cm³/mol. The Morgan fingerprint density at radius 1 is 0.972 bits per heavy atom. The van der Waals surface area contributed by atoms with Crippen LogP contribution >= 0.6 is 11.3 Å². The van der Waals surface area contributed by atoms with Gasteiger partial charge in [0, 0.05) is 17.5 Å². The Bertz CT molecular complexity index is 1410. The number of nitrogens with zero attached hydrogens (tertiary/aromatic N) is 1. The van der Waals surface area contributed by atoms with Gasteiger partial charge in [-0.2, -0.15) is 4.57 Å². The van der Waals surface area contributed by atoms with E-state index in [0.29, 0.717) is 5.75 Å². The first-order chi connectivity index (χ1) is 17.4. The molecule has 0 aliphatic carbocycles. The number of aliphatic hydroxyl groups excluding tert-OH is 4. The summed E-state index contributed by atoms with van der Waals surface area (Å²) in [5.41, 5.74) is 3.47. The average Bonchev–Trinajstić information content (AvgIpc) is 3.24. The van der Waals surface area contributed by atoms with Crippen LogP contribution in [-0.4, -0.2) is 57.7 Å². The minimum Gasteiger partial charge on any atom is -0.461 e. The Kier molecular flexibility index (Phi) is 7.07. The molecular formula is C28H30NO6S+. The summed E-state index contributed by atoms with van der Waals surface area (Å²) < 4.78 is 15.0. The Balaban J connectivity index is 1.47. The number of benzene rings is 3. The van der Waals surface area contributed by atoms with Crippen LogP contribution in [0.1, 0.15) is 23.1 Å². The van der Waals surface area contributed by atoms with E-state index in [1.165, 1.54) is 15.8 Å².